The molecule has 200 valence electrons. The number of hydrogen-bond donors (Lipinski definition) is 0. The Morgan fingerprint density at radius 3 is 2.54 bits per heavy atom. The largest absolute Gasteiger partial charge is 0.466 e. The van der Waals surface area contributed by atoms with Crippen molar-refractivity contribution in [3.63, 3.8) is 0 Å². The predicted octanol–water partition coefficient (Wildman–Crippen LogP) is 6.52. The van der Waals surface area contributed by atoms with E-state index in [1.54, 1.807) is 0 Å². The minimum atomic E-state index is -0.406. The van der Waals surface area contributed by atoms with E-state index in [-0.39, 0.29) is 51.2 Å². The van der Waals surface area contributed by atoms with Crippen molar-refractivity contribution in [1.29, 1.82) is 5.26 Å². The molecule has 5 aliphatic rings. The van der Waals surface area contributed by atoms with E-state index in [1.807, 2.05) is 12.2 Å². The third-order valence-electron chi connectivity index (χ3n) is 11.6. The highest BCUT2D eigenvalue weighted by molar-refractivity contribution is 6.01. The highest BCUT2D eigenvalue weighted by Crippen LogP contribution is 2.69. The van der Waals surface area contributed by atoms with Crippen molar-refractivity contribution < 1.29 is 19.1 Å². The van der Waals surface area contributed by atoms with Crippen LogP contribution in [0.15, 0.2) is 23.3 Å². The lowest BCUT2D eigenvalue weighted by atomic mass is 9.39. The number of nitriles is 1. The van der Waals surface area contributed by atoms with Crippen molar-refractivity contribution in [3.8, 4) is 6.07 Å². The monoisotopic (exact) mass is 505 g/mol. The average molecular weight is 506 g/mol. The van der Waals surface area contributed by atoms with Crippen molar-refractivity contribution in [3.05, 3.63) is 23.3 Å². The van der Waals surface area contributed by atoms with E-state index >= 15 is 0 Å². The Bertz CT molecular complexity index is 1120. The van der Waals surface area contributed by atoms with Crippen LogP contribution in [0.1, 0.15) is 98.8 Å². The van der Waals surface area contributed by atoms with Crippen LogP contribution in [0.5, 0.6) is 0 Å². The number of carbonyl (C=O) groups excluding carboxylic acids is 3. The molecule has 0 aromatic rings. The second-order valence-electron chi connectivity index (χ2n) is 14.1. The highest BCUT2D eigenvalue weighted by atomic mass is 16.5. The maximum absolute atomic E-state index is 14.2. The van der Waals surface area contributed by atoms with Gasteiger partial charge in [0.15, 0.2) is 11.6 Å². The quantitative estimate of drug-likeness (QED) is 0.321. The molecular formula is C32H43NO4. The Balaban J connectivity index is 1.52. The minimum Gasteiger partial charge on any atom is -0.466 e. The SMILES string of the molecule is CC(=O)OCCCC12CCC3C(C(=O)C=C4C5(C)C=C(C#N)C(=O)CC5CCC43C)C1CC(C)(C)CC2. The number of hydrogen-bond acceptors (Lipinski definition) is 5. The Morgan fingerprint density at radius 2 is 1.84 bits per heavy atom. The lowest BCUT2D eigenvalue weighted by Crippen LogP contribution is -2.59. The Morgan fingerprint density at radius 1 is 1.08 bits per heavy atom. The Kier molecular flexibility index (Phi) is 6.36. The summed E-state index contributed by atoms with van der Waals surface area (Å²) in [6.07, 6.45) is 13.7. The van der Waals surface area contributed by atoms with Gasteiger partial charge in [0.25, 0.3) is 0 Å². The van der Waals surface area contributed by atoms with E-state index in [2.05, 4.69) is 33.8 Å². The molecule has 0 radical (unpaired) electrons. The lowest BCUT2D eigenvalue weighted by Gasteiger charge is -2.64. The molecule has 0 amide bonds. The number of Topliss-reactive ketones (excluding diaryl/α,β-unsaturated/α-hetero) is 1. The zero-order valence-electron chi connectivity index (χ0n) is 23.3. The average Bonchev–Trinajstić information content (AvgIpc) is 2.83. The molecule has 0 bridgehead atoms. The van der Waals surface area contributed by atoms with Gasteiger partial charge in [0.1, 0.15) is 6.07 Å². The number of allylic oxidation sites excluding steroid dienone is 4. The summed E-state index contributed by atoms with van der Waals surface area (Å²) >= 11 is 0. The summed E-state index contributed by atoms with van der Waals surface area (Å²) in [6.45, 7) is 11.2. The zero-order chi connectivity index (χ0) is 26.8. The van der Waals surface area contributed by atoms with E-state index in [9.17, 15) is 19.6 Å². The van der Waals surface area contributed by atoms with E-state index in [1.165, 1.54) is 18.9 Å². The number of ketones is 2. The van der Waals surface area contributed by atoms with Gasteiger partial charge in [0, 0.05) is 24.7 Å². The van der Waals surface area contributed by atoms with Crippen LogP contribution >= 0.6 is 0 Å². The third-order valence-corrected chi connectivity index (χ3v) is 11.6. The van der Waals surface area contributed by atoms with E-state index in [0.717, 1.165) is 51.4 Å². The number of fused-ring (bicyclic) bond motifs is 7. The van der Waals surface area contributed by atoms with Gasteiger partial charge in [-0.2, -0.15) is 5.26 Å². The first kappa shape index (κ1) is 26.4. The molecule has 0 N–H and O–H groups in total. The molecule has 5 aliphatic carbocycles. The molecule has 7 unspecified atom stereocenters. The summed E-state index contributed by atoms with van der Waals surface area (Å²) < 4.78 is 5.28. The molecule has 3 saturated carbocycles. The van der Waals surface area contributed by atoms with E-state index in [4.69, 9.17) is 4.74 Å². The van der Waals surface area contributed by atoms with E-state index < -0.39 is 5.41 Å². The molecular weight excluding hydrogens is 462 g/mol. The molecule has 0 aliphatic heterocycles. The number of ether oxygens (including phenoxy) is 1. The fourth-order valence-corrected chi connectivity index (χ4v) is 9.60. The first-order chi connectivity index (χ1) is 17.4. The van der Waals surface area contributed by atoms with Gasteiger partial charge in [-0.05, 0) is 97.9 Å². The number of nitrogens with zero attached hydrogens (tertiary/aromatic N) is 1. The van der Waals surface area contributed by atoms with Crippen LogP contribution in [-0.4, -0.2) is 24.1 Å². The summed E-state index contributed by atoms with van der Waals surface area (Å²) in [5.74, 6) is 0.842. The van der Waals surface area contributed by atoms with Gasteiger partial charge in [-0.25, -0.2) is 0 Å². The van der Waals surface area contributed by atoms with Gasteiger partial charge in [-0.3, -0.25) is 14.4 Å². The van der Waals surface area contributed by atoms with Crippen molar-refractivity contribution >= 4 is 17.5 Å². The van der Waals surface area contributed by atoms with Crippen LogP contribution in [0.3, 0.4) is 0 Å². The van der Waals surface area contributed by atoms with Crippen LogP contribution in [0.2, 0.25) is 0 Å². The molecule has 5 nitrogen and oxygen atoms in total. The molecule has 37 heavy (non-hydrogen) atoms. The summed E-state index contributed by atoms with van der Waals surface area (Å²) in [5, 5.41) is 9.64. The van der Waals surface area contributed by atoms with Crippen LogP contribution < -0.4 is 0 Å². The van der Waals surface area contributed by atoms with Gasteiger partial charge in [0.05, 0.1) is 12.2 Å². The van der Waals surface area contributed by atoms with Crippen LogP contribution in [0, 0.1) is 56.7 Å². The fraction of sp³-hybridized carbons (Fsp3) is 0.750. The Hall–Kier alpha value is -2.22. The van der Waals surface area contributed by atoms with Crippen LogP contribution in [0.4, 0.5) is 0 Å². The topological polar surface area (TPSA) is 84.2 Å². The van der Waals surface area contributed by atoms with Crippen LogP contribution in [-0.2, 0) is 19.1 Å². The van der Waals surface area contributed by atoms with Crippen molar-refractivity contribution in [2.75, 3.05) is 6.61 Å². The summed E-state index contributed by atoms with van der Waals surface area (Å²) in [7, 11) is 0. The molecule has 0 saturated heterocycles. The predicted molar refractivity (Wildman–Crippen MR) is 141 cm³/mol. The molecule has 5 heteroatoms. The number of esters is 1. The van der Waals surface area contributed by atoms with Crippen molar-refractivity contribution in [2.24, 2.45) is 45.3 Å². The first-order valence-electron chi connectivity index (χ1n) is 14.4. The Labute approximate surface area is 222 Å². The highest BCUT2D eigenvalue weighted by Gasteiger charge is 2.63. The lowest BCUT2D eigenvalue weighted by molar-refractivity contribution is -0.148. The summed E-state index contributed by atoms with van der Waals surface area (Å²) in [5.41, 5.74) is 1.31. The third kappa shape index (κ3) is 4.14. The zero-order valence-corrected chi connectivity index (χ0v) is 23.3. The van der Waals surface area contributed by atoms with Gasteiger partial charge in [-0.15, -0.1) is 0 Å². The molecule has 0 spiro atoms. The van der Waals surface area contributed by atoms with Gasteiger partial charge in [-0.1, -0.05) is 39.3 Å². The number of rotatable bonds is 4. The maximum Gasteiger partial charge on any atom is 0.302 e. The molecule has 0 aromatic heterocycles. The standard InChI is InChI=1S/C32H43NO4/c1-20(34)37-14-6-9-32-11-8-23-28(24(32)18-29(2,3)12-13-32)26(36)16-27-30(23,4)10-7-22-15-25(35)21(19-33)17-31(22,27)5/h16-17,22-24,28H,6-15,18H2,1-5H3. The molecule has 5 rings (SSSR count). The van der Waals surface area contributed by atoms with Gasteiger partial charge >= 0.3 is 5.97 Å². The second-order valence-corrected chi connectivity index (χ2v) is 14.1. The van der Waals surface area contributed by atoms with Crippen LogP contribution in [0.25, 0.3) is 0 Å². The minimum absolute atomic E-state index is 0.0283. The molecule has 0 heterocycles. The van der Waals surface area contributed by atoms with Gasteiger partial charge in [0.2, 0.25) is 0 Å². The second kappa shape index (κ2) is 8.92. The first-order valence-corrected chi connectivity index (χ1v) is 14.4. The molecule has 0 aromatic carbocycles. The van der Waals surface area contributed by atoms with E-state index in [0.29, 0.717) is 24.9 Å². The maximum atomic E-state index is 14.2. The normalized spacial score (nSPS) is 42.2. The van der Waals surface area contributed by atoms with Crippen molar-refractivity contribution in [2.45, 2.75) is 98.8 Å². The summed E-state index contributed by atoms with van der Waals surface area (Å²) in [6, 6.07) is 2.14. The summed E-state index contributed by atoms with van der Waals surface area (Å²) in [4.78, 5) is 38.1. The molecule has 3 fully saturated rings. The smallest absolute Gasteiger partial charge is 0.302 e. The van der Waals surface area contributed by atoms with Crippen molar-refractivity contribution in [1.82, 2.24) is 0 Å². The molecule has 7 atom stereocenters. The number of carbonyl (C=O) groups is 3. The van der Waals surface area contributed by atoms with Gasteiger partial charge < -0.3 is 4.74 Å². The fourth-order valence-electron chi connectivity index (χ4n) is 9.60.